The molecule has 0 radical (unpaired) electrons. The highest BCUT2D eigenvalue weighted by molar-refractivity contribution is 5.94. The van der Waals surface area contributed by atoms with E-state index in [9.17, 15) is 4.79 Å². The Balaban J connectivity index is 1.29. The van der Waals surface area contributed by atoms with Crippen molar-refractivity contribution in [2.75, 3.05) is 13.2 Å². The Morgan fingerprint density at radius 1 is 0.914 bits per heavy atom. The number of fused-ring (bicyclic) bond motifs is 1. The van der Waals surface area contributed by atoms with Crippen LogP contribution in [-0.4, -0.2) is 28.6 Å². The number of para-hydroxylation sites is 2. The molecule has 1 N–H and O–H groups in total. The summed E-state index contributed by atoms with van der Waals surface area (Å²) in [5.41, 5.74) is 6.51. The lowest BCUT2D eigenvalue weighted by molar-refractivity contribution is 0.0953. The number of nitrogens with zero attached hydrogens (tertiary/aromatic N) is 2. The molecule has 5 heteroatoms. The standard InChI is InChI=1S/C30H35N3O2/c1-22-15-17-25(18-16-22)30(34)31-19-9-14-29-32-26-11-4-5-12-27(26)33(29)20-6-7-21-35-28-13-8-10-23(2)24(28)3/h4-5,8,10-13,15-18H,6-7,9,14,19-21H2,1-3H3,(H,31,34). The van der Waals surface area contributed by atoms with Gasteiger partial charge in [-0.2, -0.15) is 0 Å². The Morgan fingerprint density at radius 3 is 2.54 bits per heavy atom. The lowest BCUT2D eigenvalue weighted by Crippen LogP contribution is -2.25. The molecule has 0 aliphatic heterocycles. The molecule has 5 nitrogen and oxygen atoms in total. The number of aromatic nitrogens is 2. The minimum Gasteiger partial charge on any atom is -0.493 e. The maximum atomic E-state index is 12.4. The number of imidazole rings is 1. The number of hydrogen-bond donors (Lipinski definition) is 1. The number of ether oxygens (including phenoxy) is 1. The van der Waals surface area contributed by atoms with Gasteiger partial charge in [-0.3, -0.25) is 4.79 Å². The summed E-state index contributed by atoms with van der Waals surface area (Å²) in [5.74, 6) is 2.03. The first-order valence-electron chi connectivity index (χ1n) is 12.5. The molecular formula is C30H35N3O2. The number of rotatable bonds is 11. The van der Waals surface area contributed by atoms with E-state index < -0.39 is 0 Å². The Bertz CT molecular complexity index is 1270. The normalized spacial score (nSPS) is 11.1. The summed E-state index contributed by atoms with van der Waals surface area (Å²) < 4.78 is 8.36. The Kier molecular flexibility index (Phi) is 8.19. The first-order valence-corrected chi connectivity index (χ1v) is 12.5. The first kappa shape index (κ1) is 24.5. The first-order chi connectivity index (χ1) is 17.0. The van der Waals surface area contributed by atoms with Crippen LogP contribution < -0.4 is 10.1 Å². The minimum absolute atomic E-state index is 0.0256. The SMILES string of the molecule is Cc1ccc(C(=O)NCCCc2nc3ccccc3n2CCCCOc2cccc(C)c2C)cc1. The van der Waals surface area contributed by atoms with Crippen LogP contribution >= 0.6 is 0 Å². The van der Waals surface area contributed by atoms with Crippen LogP contribution in [0, 0.1) is 20.8 Å². The average Bonchev–Trinajstić information content (AvgIpc) is 3.21. The predicted octanol–water partition coefficient (Wildman–Crippen LogP) is 6.18. The molecule has 4 aromatic rings. The second-order valence-electron chi connectivity index (χ2n) is 9.15. The number of unbranched alkanes of at least 4 members (excludes halogenated alkanes) is 1. The van der Waals surface area contributed by atoms with Gasteiger partial charge in [0.2, 0.25) is 0 Å². The van der Waals surface area contributed by atoms with Crippen molar-refractivity contribution in [2.45, 2.75) is 53.0 Å². The van der Waals surface area contributed by atoms with Gasteiger partial charge in [0.25, 0.3) is 5.91 Å². The highest BCUT2D eigenvalue weighted by atomic mass is 16.5. The Labute approximate surface area is 208 Å². The summed E-state index contributed by atoms with van der Waals surface area (Å²) in [5, 5.41) is 3.03. The second-order valence-corrected chi connectivity index (χ2v) is 9.15. The molecule has 0 aliphatic carbocycles. The molecule has 0 saturated carbocycles. The van der Waals surface area contributed by atoms with Crippen LogP contribution in [0.5, 0.6) is 5.75 Å². The van der Waals surface area contributed by atoms with Crippen LogP contribution in [0.15, 0.2) is 66.7 Å². The van der Waals surface area contributed by atoms with Gasteiger partial charge in [0.05, 0.1) is 17.6 Å². The van der Waals surface area contributed by atoms with E-state index in [1.54, 1.807) is 0 Å². The fraction of sp³-hybridized carbons (Fsp3) is 0.333. The van der Waals surface area contributed by atoms with E-state index in [1.807, 2.05) is 49.4 Å². The van der Waals surface area contributed by atoms with Gasteiger partial charge in [-0.25, -0.2) is 4.98 Å². The maximum Gasteiger partial charge on any atom is 0.251 e. The van der Waals surface area contributed by atoms with Gasteiger partial charge in [-0.05, 0) is 81.5 Å². The average molecular weight is 470 g/mol. The van der Waals surface area contributed by atoms with Crippen molar-refractivity contribution in [2.24, 2.45) is 0 Å². The number of benzene rings is 3. The fourth-order valence-corrected chi connectivity index (χ4v) is 4.26. The molecule has 1 heterocycles. The summed E-state index contributed by atoms with van der Waals surface area (Å²) in [6, 6.07) is 22.2. The number of hydrogen-bond acceptors (Lipinski definition) is 3. The summed E-state index contributed by atoms with van der Waals surface area (Å²) in [6.07, 6.45) is 3.66. The number of aryl methyl sites for hydroxylation is 4. The number of nitrogens with one attached hydrogen (secondary N) is 1. The lowest BCUT2D eigenvalue weighted by Gasteiger charge is -2.12. The highest BCUT2D eigenvalue weighted by Crippen LogP contribution is 2.21. The third kappa shape index (κ3) is 6.30. The van der Waals surface area contributed by atoms with E-state index in [0.717, 1.165) is 54.9 Å². The Hall–Kier alpha value is -3.60. The van der Waals surface area contributed by atoms with Crippen LogP contribution in [-0.2, 0) is 13.0 Å². The molecular weight excluding hydrogens is 434 g/mol. The monoisotopic (exact) mass is 469 g/mol. The lowest BCUT2D eigenvalue weighted by atomic mass is 10.1. The molecule has 1 aromatic heterocycles. The van der Waals surface area contributed by atoms with Crippen molar-refractivity contribution in [3.63, 3.8) is 0 Å². The van der Waals surface area contributed by atoms with Crippen molar-refractivity contribution in [1.82, 2.24) is 14.9 Å². The summed E-state index contributed by atoms with van der Waals surface area (Å²) >= 11 is 0. The zero-order chi connectivity index (χ0) is 24.6. The van der Waals surface area contributed by atoms with Gasteiger partial charge < -0.3 is 14.6 Å². The van der Waals surface area contributed by atoms with Gasteiger partial charge in [0.1, 0.15) is 11.6 Å². The van der Waals surface area contributed by atoms with E-state index in [2.05, 4.69) is 48.0 Å². The molecule has 3 aromatic carbocycles. The van der Waals surface area contributed by atoms with Gasteiger partial charge >= 0.3 is 0 Å². The molecule has 0 aliphatic rings. The zero-order valence-electron chi connectivity index (χ0n) is 21.0. The van der Waals surface area contributed by atoms with Crippen molar-refractivity contribution in [1.29, 1.82) is 0 Å². The van der Waals surface area contributed by atoms with Crippen molar-refractivity contribution in [3.8, 4) is 5.75 Å². The molecule has 0 spiro atoms. The van der Waals surface area contributed by atoms with Gasteiger partial charge in [-0.15, -0.1) is 0 Å². The molecule has 182 valence electrons. The van der Waals surface area contributed by atoms with Crippen LogP contribution in [0.3, 0.4) is 0 Å². The van der Waals surface area contributed by atoms with Gasteiger partial charge in [-0.1, -0.05) is 42.0 Å². The van der Waals surface area contributed by atoms with Crippen molar-refractivity contribution >= 4 is 16.9 Å². The number of carbonyl (C=O) groups is 1. The summed E-state index contributed by atoms with van der Waals surface area (Å²) in [4.78, 5) is 17.3. The van der Waals surface area contributed by atoms with Crippen LogP contribution in [0.4, 0.5) is 0 Å². The molecule has 0 atom stereocenters. The topological polar surface area (TPSA) is 56.2 Å². The van der Waals surface area contributed by atoms with Crippen molar-refractivity contribution < 1.29 is 9.53 Å². The molecule has 35 heavy (non-hydrogen) atoms. The number of carbonyl (C=O) groups excluding carboxylic acids is 1. The van der Waals surface area contributed by atoms with E-state index in [1.165, 1.54) is 16.6 Å². The summed E-state index contributed by atoms with van der Waals surface area (Å²) in [6.45, 7) is 8.48. The van der Waals surface area contributed by atoms with Crippen LogP contribution in [0.25, 0.3) is 11.0 Å². The molecule has 0 fully saturated rings. The fourth-order valence-electron chi connectivity index (χ4n) is 4.26. The molecule has 0 bridgehead atoms. The predicted molar refractivity (Wildman–Crippen MR) is 142 cm³/mol. The largest absolute Gasteiger partial charge is 0.493 e. The molecule has 0 saturated heterocycles. The van der Waals surface area contributed by atoms with E-state index in [4.69, 9.17) is 9.72 Å². The molecule has 1 amide bonds. The van der Waals surface area contributed by atoms with E-state index in [0.29, 0.717) is 18.7 Å². The third-order valence-electron chi connectivity index (χ3n) is 6.50. The second kappa shape index (κ2) is 11.7. The van der Waals surface area contributed by atoms with E-state index in [-0.39, 0.29) is 5.91 Å². The third-order valence-corrected chi connectivity index (χ3v) is 6.50. The van der Waals surface area contributed by atoms with Crippen LogP contribution in [0.2, 0.25) is 0 Å². The Morgan fingerprint density at radius 2 is 1.71 bits per heavy atom. The van der Waals surface area contributed by atoms with Crippen molar-refractivity contribution in [3.05, 3.63) is 94.8 Å². The maximum absolute atomic E-state index is 12.4. The van der Waals surface area contributed by atoms with E-state index >= 15 is 0 Å². The smallest absolute Gasteiger partial charge is 0.251 e. The highest BCUT2D eigenvalue weighted by Gasteiger charge is 2.11. The minimum atomic E-state index is -0.0256. The zero-order valence-corrected chi connectivity index (χ0v) is 21.0. The quantitative estimate of drug-likeness (QED) is 0.267. The van der Waals surface area contributed by atoms with Gasteiger partial charge in [0, 0.05) is 25.1 Å². The number of amides is 1. The van der Waals surface area contributed by atoms with Gasteiger partial charge in [0.15, 0.2) is 0 Å². The van der Waals surface area contributed by atoms with Crippen LogP contribution in [0.1, 0.15) is 52.1 Å². The molecule has 0 unspecified atom stereocenters. The molecule has 4 rings (SSSR count). The summed E-state index contributed by atoms with van der Waals surface area (Å²) in [7, 11) is 0.